The Morgan fingerprint density at radius 2 is 1.72 bits per heavy atom. The summed E-state index contributed by atoms with van der Waals surface area (Å²) in [7, 11) is 3.11. The first kappa shape index (κ1) is 26.9. The molecule has 0 saturated heterocycles. The molecular weight excluding hydrogens is 499 g/mol. The van der Waals surface area contributed by atoms with Gasteiger partial charge in [-0.25, -0.2) is 0 Å². The second-order valence-electron chi connectivity index (χ2n) is 8.05. The summed E-state index contributed by atoms with van der Waals surface area (Å²) in [6.45, 7) is 4.35. The number of nitrogens with one attached hydrogen (secondary N) is 1. The van der Waals surface area contributed by atoms with Gasteiger partial charge in [0.05, 0.1) is 24.3 Å². The van der Waals surface area contributed by atoms with Crippen molar-refractivity contribution in [3.8, 4) is 23.3 Å². The van der Waals surface area contributed by atoms with Gasteiger partial charge in [-0.2, -0.15) is 5.26 Å². The monoisotopic (exact) mass is 524 g/mol. The minimum atomic E-state index is -0.481. The second-order valence-corrected chi connectivity index (χ2v) is 8.87. The highest BCUT2D eigenvalue weighted by Gasteiger charge is 2.13. The van der Waals surface area contributed by atoms with Gasteiger partial charge in [-0.15, -0.1) is 0 Å². The molecule has 0 heterocycles. The first-order valence-corrected chi connectivity index (χ1v) is 11.8. The molecule has 1 N–H and O–H groups in total. The Hall–Kier alpha value is -3.66. The van der Waals surface area contributed by atoms with E-state index in [1.807, 2.05) is 38.1 Å². The van der Waals surface area contributed by atoms with E-state index in [0.717, 1.165) is 33.6 Å². The van der Waals surface area contributed by atoms with Crippen LogP contribution < -0.4 is 19.5 Å². The molecule has 0 aliphatic heterocycles. The highest BCUT2D eigenvalue weighted by Crippen LogP contribution is 2.29. The largest absolute Gasteiger partial charge is 0.497 e. The van der Waals surface area contributed by atoms with E-state index < -0.39 is 5.91 Å². The van der Waals surface area contributed by atoms with Crippen molar-refractivity contribution in [1.29, 1.82) is 5.26 Å². The lowest BCUT2D eigenvalue weighted by Gasteiger charge is -2.14. The molecule has 0 bridgehead atoms. The minimum Gasteiger partial charge on any atom is -0.497 e. The Kier molecular flexibility index (Phi) is 9.24. The average Bonchev–Trinajstić information content (AvgIpc) is 2.87. The molecule has 186 valence electrons. The minimum absolute atomic E-state index is 0.00856. The van der Waals surface area contributed by atoms with Gasteiger partial charge in [0.25, 0.3) is 5.91 Å². The molecule has 3 rings (SSSR count). The molecule has 36 heavy (non-hydrogen) atoms. The molecule has 0 fully saturated rings. The summed E-state index contributed by atoms with van der Waals surface area (Å²) in [4.78, 5) is 12.7. The van der Waals surface area contributed by atoms with E-state index in [-0.39, 0.29) is 12.1 Å². The van der Waals surface area contributed by atoms with Crippen LogP contribution in [-0.2, 0) is 17.9 Å². The number of ether oxygens (including phenoxy) is 3. The van der Waals surface area contributed by atoms with Gasteiger partial charge < -0.3 is 19.5 Å². The van der Waals surface area contributed by atoms with Gasteiger partial charge in [-0.1, -0.05) is 29.3 Å². The van der Waals surface area contributed by atoms with Gasteiger partial charge in [0.1, 0.15) is 35.5 Å². The second kappa shape index (κ2) is 12.3. The quantitative estimate of drug-likeness (QED) is 0.257. The molecule has 0 aromatic heterocycles. The van der Waals surface area contributed by atoms with Gasteiger partial charge in [-0.3, -0.25) is 4.79 Å². The Bertz CT molecular complexity index is 1320. The number of aryl methyl sites for hydroxylation is 2. The number of hydrogen-bond acceptors (Lipinski definition) is 5. The summed E-state index contributed by atoms with van der Waals surface area (Å²) in [6.07, 6.45) is 1.56. The van der Waals surface area contributed by atoms with Gasteiger partial charge in [0.15, 0.2) is 0 Å². The van der Waals surface area contributed by atoms with Crippen molar-refractivity contribution >= 4 is 35.2 Å². The molecule has 0 unspecified atom stereocenters. The molecule has 0 atom stereocenters. The maximum absolute atomic E-state index is 12.7. The molecule has 0 radical (unpaired) electrons. The molecular formula is C28H26Cl2N2O4. The number of nitriles is 1. The van der Waals surface area contributed by atoms with Gasteiger partial charge in [-0.05, 0) is 78.6 Å². The number of methoxy groups -OCH3 is 2. The lowest BCUT2D eigenvalue weighted by molar-refractivity contribution is -0.117. The number of carbonyl (C=O) groups excluding carboxylic acids is 1. The van der Waals surface area contributed by atoms with Crippen molar-refractivity contribution < 1.29 is 19.0 Å². The SMILES string of the molecule is COc1ccc(CNC(=O)/C(C#N)=C/c2cc(C)c(OCc3ccc(Cl)c(Cl)c3)c(C)c2)c(OC)c1. The molecule has 3 aromatic rings. The van der Waals surface area contributed by atoms with Crippen LogP contribution in [-0.4, -0.2) is 20.1 Å². The van der Waals surface area contributed by atoms with Crippen molar-refractivity contribution in [2.75, 3.05) is 14.2 Å². The van der Waals surface area contributed by atoms with Gasteiger partial charge in [0, 0.05) is 18.2 Å². The van der Waals surface area contributed by atoms with E-state index in [4.69, 9.17) is 37.4 Å². The van der Waals surface area contributed by atoms with E-state index in [1.54, 1.807) is 50.6 Å². The van der Waals surface area contributed by atoms with Crippen molar-refractivity contribution in [3.05, 3.63) is 92.0 Å². The number of benzene rings is 3. The fraction of sp³-hybridized carbons (Fsp3) is 0.214. The standard InChI is InChI=1S/C28H26Cl2N2O4/c1-17-9-20(10-18(2)27(17)36-16-19-5-8-24(29)25(30)12-19)11-22(14-31)28(33)32-15-21-6-7-23(34-3)13-26(21)35-4/h5-13H,15-16H2,1-4H3,(H,32,33)/b22-11+. The zero-order chi connectivity index (χ0) is 26.2. The van der Waals surface area contributed by atoms with Gasteiger partial charge in [0.2, 0.25) is 0 Å². The molecule has 3 aromatic carbocycles. The highest BCUT2D eigenvalue weighted by atomic mass is 35.5. The Labute approximate surface area is 221 Å². The van der Waals surface area contributed by atoms with Crippen molar-refractivity contribution in [3.63, 3.8) is 0 Å². The van der Waals surface area contributed by atoms with Crippen LogP contribution in [0.15, 0.2) is 54.1 Å². The first-order chi connectivity index (χ1) is 17.2. The highest BCUT2D eigenvalue weighted by molar-refractivity contribution is 6.42. The third-order valence-electron chi connectivity index (χ3n) is 5.46. The molecule has 0 saturated carbocycles. The zero-order valence-electron chi connectivity index (χ0n) is 20.4. The van der Waals surface area contributed by atoms with E-state index in [2.05, 4.69) is 5.32 Å². The van der Waals surface area contributed by atoms with E-state index in [1.165, 1.54) is 0 Å². The number of nitrogens with zero attached hydrogens (tertiary/aromatic N) is 1. The van der Waals surface area contributed by atoms with Crippen LogP contribution in [0.4, 0.5) is 0 Å². The van der Waals surface area contributed by atoms with Crippen LogP contribution in [0.25, 0.3) is 6.08 Å². The summed E-state index contributed by atoms with van der Waals surface area (Å²) < 4.78 is 16.6. The van der Waals surface area contributed by atoms with Crippen LogP contribution in [0.1, 0.15) is 27.8 Å². The summed E-state index contributed by atoms with van der Waals surface area (Å²) >= 11 is 12.1. The molecule has 0 spiro atoms. The predicted molar refractivity (Wildman–Crippen MR) is 142 cm³/mol. The molecule has 6 nitrogen and oxygen atoms in total. The number of amides is 1. The van der Waals surface area contributed by atoms with Crippen molar-refractivity contribution in [1.82, 2.24) is 5.32 Å². The Morgan fingerprint density at radius 1 is 1.00 bits per heavy atom. The third kappa shape index (κ3) is 6.72. The predicted octanol–water partition coefficient (Wildman–Crippen LogP) is 6.43. The fourth-order valence-electron chi connectivity index (χ4n) is 3.66. The average molecular weight is 525 g/mol. The third-order valence-corrected chi connectivity index (χ3v) is 6.20. The number of hydrogen-bond donors (Lipinski definition) is 1. The first-order valence-electron chi connectivity index (χ1n) is 11.0. The summed E-state index contributed by atoms with van der Waals surface area (Å²) in [5, 5.41) is 13.3. The maximum atomic E-state index is 12.7. The van der Waals surface area contributed by atoms with Crippen molar-refractivity contribution in [2.24, 2.45) is 0 Å². The van der Waals surface area contributed by atoms with Crippen molar-refractivity contribution in [2.45, 2.75) is 27.0 Å². The topological polar surface area (TPSA) is 80.6 Å². The number of rotatable bonds is 9. The smallest absolute Gasteiger partial charge is 0.262 e. The molecule has 8 heteroatoms. The number of carbonyl (C=O) groups is 1. The van der Waals surface area contributed by atoms with Crippen LogP contribution in [0.3, 0.4) is 0 Å². The molecule has 0 aliphatic rings. The summed E-state index contributed by atoms with van der Waals surface area (Å²) in [5.41, 5.74) is 4.12. The summed E-state index contributed by atoms with van der Waals surface area (Å²) in [6, 6.07) is 16.4. The zero-order valence-corrected chi connectivity index (χ0v) is 22.0. The Morgan fingerprint density at radius 3 is 2.33 bits per heavy atom. The molecule has 0 aliphatic carbocycles. The van der Waals surface area contributed by atoms with E-state index in [0.29, 0.717) is 28.2 Å². The van der Waals surface area contributed by atoms with Crippen LogP contribution >= 0.6 is 23.2 Å². The van der Waals surface area contributed by atoms with Crippen LogP contribution in [0.5, 0.6) is 17.2 Å². The van der Waals surface area contributed by atoms with Gasteiger partial charge >= 0.3 is 0 Å². The fourth-order valence-corrected chi connectivity index (χ4v) is 3.98. The van der Waals surface area contributed by atoms with E-state index >= 15 is 0 Å². The maximum Gasteiger partial charge on any atom is 0.262 e. The van der Waals surface area contributed by atoms with Crippen LogP contribution in [0.2, 0.25) is 10.0 Å². The molecule has 1 amide bonds. The lowest BCUT2D eigenvalue weighted by Crippen LogP contribution is -2.24. The van der Waals surface area contributed by atoms with Crippen LogP contribution in [0, 0.1) is 25.2 Å². The Balaban J connectivity index is 1.72. The lowest BCUT2D eigenvalue weighted by atomic mass is 10.0. The number of halogens is 2. The summed E-state index contributed by atoms with van der Waals surface area (Å²) in [5.74, 6) is 1.48. The normalized spacial score (nSPS) is 11.0. The van der Waals surface area contributed by atoms with E-state index in [9.17, 15) is 10.1 Å².